The van der Waals surface area contributed by atoms with Gasteiger partial charge in [0.15, 0.2) is 0 Å². The van der Waals surface area contributed by atoms with Gasteiger partial charge in [0.25, 0.3) is 0 Å². The van der Waals surface area contributed by atoms with Gasteiger partial charge in [-0.05, 0) is 29.6 Å². The molecule has 0 saturated heterocycles. The fourth-order valence-corrected chi connectivity index (χ4v) is 1.16. The van der Waals surface area contributed by atoms with Crippen molar-refractivity contribution >= 4 is 11.7 Å². The number of benzene rings is 1. The first-order valence-electron chi connectivity index (χ1n) is 4.00. The lowest BCUT2D eigenvalue weighted by Gasteiger charge is -2.02. The molecule has 0 fully saturated rings. The van der Waals surface area contributed by atoms with Crippen LogP contribution in [0.3, 0.4) is 0 Å². The summed E-state index contributed by atoms with van der Waals surface area (Å²) < 4.78 is 0. The first kappa shape index (κ1) is 10.1. The Bertz CT molecular complexity index is 409. The highest BCUT2D eigenvalue weighted by molar-refractivity contribution is 5.71. The van der Waals surface area contributed by atoms with Crippen molar-refractivity contribution in [2.75, 3.05) is 0 Å². The van der Waals surface area contributed by atoms with Gasteiger partial charge in [0.05, 0.1) is 6.42 Å². The van der Waals surface area contributed by atoms with E-state index in [4.69, 9.17) is 10.6 Å². The Labute approximate surface area is 80.6 Å². The molecule has 72 valence electrons. The third kappa shape index (κ3) is 2.50. The zero-order valence-corrected chi connectivity index (χ0v) is 7.64. The van der Waals surface area contributed by atoms with Crippen molar-refractivity contribution in [2.24, 2.45) is 5.11 Å². The molecule has 0 aliphatic heterocycles. The zero-order valence-electron chi connectivity index (χ0n) is 7.64. The molecule has 0 saturated carbocycles. The molecule has 0 unspecified atom stereocenters. The van der Waals surface area contributed by atoms with Crippen molar-refractivity contribution in [1.82, 2.24) is 0 Å². The molecule has 0 bridgehead atoms. The maximum absolute atomic E-state index is 10.4. The fourth-order valence-electron chi connectivity index (χ4n) is 1.16. The van der Waals surface area contributed by atoms with Crippen LogP contribution in [0.15, 0.2) is 23.3 Å². The smallest absolute Gasteiger partial charge is 0.307 e. The first-order chi connectivity index (χ1) is 6.63. The lowest BCUT2D eigenvalue weighted by atomic mass is 10.1. The van der Waals surface area contributed by atoms with Gasteiger partial charge in [0.2, 0.25) is 0 Å². The van der Waals surface area contributed by atoms with E-state index in [1.807, 2.05) is 0 Å². The van der Waals surface area contributed by atoms with Gasteiger partial charge in [-0.25, -0.2) is 0 Å². The van der Waals surface area contributed by atoms with E-state index in [1.54, 1.807) is 25.1 Å². The number of rotatable bonds is 3. The van der Waals surface area contributed by atoms with Gasteiger partial charge < -0.3 is 5.11 Å². The Morgan fingerprint density at radius 3 is 2.86 bits per heavy atom. The van der Waals surface area contributed by atoms with Crippen LogP contribution in [-0.4, -0.2) is 11.1 Å². The van der Waals surface area contributed by atoms with Gasteiger partial charge in [-0.15, -0.1) is 0 Å². The largest absolute Gasteiger partial charge is 0.481 e. The predicted molar refractivity (Wildman–Crippen MR) is 51.3 cm³/mol. The molecule has 0 atom stereocenters. The molecular formula is C9H9N3O2. The van der Waals surface area contributed by atoms with Gasteiger partial charge in [0, 0.05) is 10.6 Å². The van der Waals surface area contributed by atoms with Crippen LogP contribution in [0.4, 0.5) is 5.69 Å². The fraction of sp³-hybridized carbons (Fsp3) is 0.222. The summed E-state index contributed by atoms with van der Waals surface area (Å²) in [6, 6.07) is 4.93. The molecule has 0 aliphatic carbocycles. The number of nitrogens with zero attached hydrogens (tertiary/aromatic N) is 3. The van der Waals surface area contributed by atoms with Crippen LogP contribution >= 0.6 is 0 Å². The Hall–Kier alpha value is -2.00. The molecular weight excluding hydrogens is 182 g/mol. The van der Waals surface area contributed by atoms with E-state index < -0.39 is 5.97 Å². The summed E-state index contributed by atoms with van der Waals surface area (Å²) in [6.07, 6.45) is -0.0115. The SMILES string of the molecule is Cc1cc(N=[N+]=[N-])ccc1CC(=O)O. The second-order valence-electron chi connectivity index (χ2n) is 2.87. The van der Waals surface area contributed by atoms with Crippen molar-refractivity contribution in [3.05, 3.63) is 39.8 Å². The maximum atomic E-state index is 10.4. The highest BCUT2D eigenvalue weighted by Crippen LogP contribution is 2.18. The standard InChI is InChI=1S/C9H9N3O2/c1-6-4-8(11-12-10)3-2-7(6)5-9(13)14/h2-4H,5H2,1H3,(H,13,14). The third-order valence-corrected chi connectivity index (χ3v) is 1.83. The molecule has 1 aromatic carbocycles. The first-order valence-corrected chi connectivity index (χ1v) is 4.00. The van der Waals surface area contributed by atoms with Gasteiger partial charge in [-0.3, -0.25) is 4.79 Å². The summed E-state index contributed by atoms with van der Waals surface area (Å²) in [7, 11) is 0. The summed E-state index contributed by atoms with van der Waals surface area (Å²) in [5, 5.41) is 12.0. The molecule has 0 spiro atoms. The molecule has 1 aromatic rings. The van der Waals surface area contributed by atoms with Crippen molar-refractivity contribution in [3.63, 3.8) is 0 Å². The number of hydrogen-bond donors (Lipinski definition) is 1. The highest BCUT2D eigenvalue weighted by atomic mass is 16.4. The van der Waals surface area contributed by atoms with Crippen LogP contribution in [0, 0.1) is 6.92 Å². The average molecular weight is 191 g/mol. The molecule has 5 nitrogen and oxygen atoms in total. The number of aryl methyl sites for hydroxylation is 1. The number of aliphatic carboxylic acids is 1. The Morgan fingerprint density at radius 1 is 1.64 bits per heavy atom. The predicted octanol–water partition coefficient (Wildman–Crippen LogP) is 2.56. The average Bonchev–Trinajstić information content (AvgIpc) is 2.10. The Balaban J connectivity index is 3.00. The molecule has 0 amide bonds. The van der Waals surface area contributed by atoms with E-state index >= 15 is 0 Å². The summed E-state index contributed by atoms with van der Waals surface area (Å²) in [5.41, 5.74) is 10.2. The van der Waals surface area contributed by atoms with Crippen molar-refractivity contribution < 1.29 is 9.90 Å². The van der Waals surface area contributed by atoms with Gasteiger partial charge in [0.1, 0.15) is 0 Å². The van der Waals surface area contributed by atoms with E-state index in [1.165, 1.54) is 0 Å². The molecule has 14 heavy (non-hydrogen) atoms. The van der Waals surface area contributed by atoms with Crippen LogP contribution in [0.2, 0.25) is 0 Å². The van der Waals surface area contributed by atoms with Crippen molar-refractivity contribution in [1.29, 1.82) is 0 Å². The van der Waals surface area contributed by atoms with Crippen LogP contribution in [-0.2, 0) is 11.2 Å². The van der Waals surface area contributed by atoms with Crippen LogP contribution in [0.25, 0.3) is 10.4 Å². The van der Waals surface area contributed by atoms with E-state index in [9.17, 15) is 4.79 Å². The molecule has 0 heterocycles. The minimum Gasteiger partial charge on any atom is -0.481 e. The van der Waals surface area contributed by atoms with E-state index in [0.717, 1.165) is 11.1 Å². The molecule has 0 aliphatic rings. The Kier molecular flexibility index (Phi) is 3.09. The summed E-state index contributed by atoms with van der Waals surface area (Å²) in [6.45, 7) is 1.79. The lowest BCUT2D eigenvalue weighted by molar-refractivity contribution is -0.136. The highest BCUT2D eigenvalue weighted by Gasteiger charge is 2.03. The molecule has 1 N–H and O–H groups in total. The van der Waals surface area contributed by atoms with Crippen molar-refractivity contribution in [3.8, 4) is 0 Å². The molecule has 1 rings (SSSR count). The minimum absolute atomic E-state index is 0.0115. The number of hydrogen-bond acceptors (Lipinski definition) is 2. The second kappa shape index (κ2) is 4.30. The lowest BCUT2D eigenvalue weighted by Crippen LogP contribution is -2.01. The number of carboxylic acids is 1. The van der Waals surface area contributed by atoms with Crippen LogP contribution < -0.4 is 0 Å². The third-order valence-electron chi connectivity index (χ3n) is 1.83. The number of carboxylic acid groups (broad SMARTS) is 1. The van der Waals surface area contributed by atoms with Gasteiger partial charge in [-0.1, -0.05) is 17.2 Å². The quantitative estimate of drug-likeness (QED) is 0.452. The maximum Gasteiger partial charge on any atom is 0.307 e. The Morgan fingerprint density at radius 2 is 2.36 bits per heavy atom. The van der Waals surface area contributed by atoms with Crippen LogP contribution in [0.1, 0.15) is 11.1 Å². The van der Waals surface area contributed by atoms with E-state index in [-0.39, 0.29) is 6.42 Å². The van der Waals surface area contributed by atoms with Crippen LogP contribution in [0.5, 0.6) is 0 Å². The summed E-state index contributed by atoms with van der Waals surface area (Å²) in [4.78, 5) is 13.1. The minimum atomic E-state index is -0.871. The normalized spacial score (nSPS) is 9.21. The van der Waals surface area contributed by atoms with E-state index in [2.05, 4.69) is 10.0 Å². The molecule has 0 aromatic heterocycles. The van der Waals surface area contributed by atoms with Gasteiger partial charge in [-0.2, -0.15) is 0 Å². The van der Waals surface area contributed by atoms with E-state index in [0.29, 0.717) is 5.69 Å². The molecule has 5 heteroatoms. The second-order valence-corrected chi connectivity index (χ2v) is 2.87. The topological polar surface area (TPSA) is 86.1 Å². The summed E-state index contributed by atoms with van der Waals surface area (Å²) in [5.74, 6) is -0.871. The number of azide groups is 1. The van der Waals surface area contributed by atoms with Crippen molar-refractivity contribution in [2.45, 2.75) is 13.3 Å². The number of carbonyl (C=O) groups is 1. The monoisotopic (exact) mass is 191 g/mol. The summed E-state index contributed by atoms with van der Waals surface area (Å²) >= 11 is 0. The molecule has 0 radical (unpaired) electrons. The van der Waals surface area contributed by atoms with Gasteiger partial charge >= 0.3 is 5.97 Å². The zero-order chi connectivity index (χ0) is 10.6.